The molecule has 1 aromatic carbocycles. The summed E-state index contributed by atoms with van der Waals surface area (Å²) in [5, 5.41) is 10.1. The summed E-state index contributed by atoms with van der Waals surface area (Å²) in [6, 6.07) is 6.10. The monoisotopic (exact) mass is 225 g/mol. The van der Waals surface area contributed by atoms with Gasteiger partial charge in [-0.05, 0) is 36.5 Å². The molecule has 0 amide bonds. The van der Waals surface area contributed by atoms with Gasteiger partial charge in [-0.2, -0.15) is 0 Å². The third-order valence-corrected chi connectivity index (χ3v) is 3.92. The van der Waals surface area contributed by atoms with E-state index in [1.54, 1.807) is 0 Å². The lowest BCUT2D eigenvalue weighted by Crippen LogP contribution is -2.21. The van der Waals surface area contributed by atoms with Crippen molar-refractivity contribution in [1.29, 1.82) is 0 Å². The fourth-order valence-electron chi connectivity index (χ4n) is 2.11. The quantitative estimate of drug-likeness (QED) is 0.828. The maximum absolute atomic E-state index is 9.30. The molecule has 1 aliphatic carbocycles. The second-order valence-electron chi connectivity index (χ2n) is 4.49. The zero-order valence-electron chi connectivity index (χ0n) is 8.83. The zero-order valence-corrected chi connectivity index (χ0v) is 9.59. The van der Waals surface area contributed by atoms with Crippen LogP contribution in [0.25, 0.3) is 0 Å². The Hall–Kier alpha value is -0.570. The van der Waals surface area contributed by atoms with Crippen molar-refractivity contribution in [2.75, 3.05) is 13.2 Å². The fourth-order valence-corrected chi connectivity index (χ4v) is 2.30. The third kappa shape index (κ3) is 1.78. The van der Waals surface area contributed by atoms with E-state index < -0.39 is 0 Å². The smallest absolute Gasteiger partial charge is 0.0505 e. The van der Waals surface area contributed by atoms with Crippen molar-refractivity contribution < 1.29 is 5.11 Å². The number of hydrogen-bond acceptors (Lipinski definition) is 2. The second-order valence-corrected chi connectivity index (χ2v) is 4.90. The minimum Gasteiger partial charge on any atom is -0.396 e. The fraction of sp³-hybridized carbons (Fsp3) is 0.500. The number of hydrogen-bond donors (Lipinski definition) is 2. The average molecular weight is 226 g/mol. The number of aliphatic hydroxyl groups excluding tert-OH is 1. The first-order valence-electron chi connectivity index (χ1n) is 5.20. The highest BCUT2D eigenvalue weighted by atomic mass is 35.5. The number of aryl methyl sites for hydroxylation is 1. The maximum atomic E-state index is 9.30. The van der Waals surface area contributed by atoms with Crippen LogP contribution in [0.15, 0.2) is 18.2 Å². The first-order valence-corrected chi connectivity index (χ1v) is 5.58. The van der Waals surface area contributed by atoms with Crippen molar-refractivity contribution in [3.8, 4) is 0 Å². The van der Waals surface area contributed by atoms with Gasteiger partial charge >= 0.3 is 0 Å². The molecule has 0 radical (unpaired) electrons. The predicted octanol–water partition coefficient (Wildman–Crippen LogP) is 2.07. The highest BCUT2D eigenvalue weighted by molar-refractivity contribution is 6.31. The van der Waals surface area contributed by atoms with E-state index in [9.17, 15) is 5.11 Å². The minimum atomic E-state index is -0.0847. The van der Waals surface area contributed by atoms with Crippen LogP contribution < -0.4 is 5.73 Å². The molecule has 2 nitrogen and oxygen atoms in total. The molecule has 3 N–H and O–H groups in total. The third-order valence-electron chi connectivity index (χ3n) is 3.51. The summed E-state index contributed by atoms with van der Waals surface area (Å²) in [5.74, 6) is 0.380. The summed E-state index contributed by atoms with van der Waals surface area (Å²) < 4.78 is 0. The number of halogens is 1. The molecule has 0 spiro atoms. The molecule has 2 rings (SSSR count). The Balaban J connectivity index is 2.23. The highest BCUT2D eigenvalue weighted by Crippen LogP contribution is 2.58. The topological polar surface area (TPSA) is 46.2 Å². The van der Waals surface area contributed by atoms with Crippen molar-refractivity contribution in [2.24, 2.45) is 11.1 Å². The van der Waals surface area contributed by atoms with E-state index in [2.05, 4.69) is 6.07 Å². The van der Waals surface area contributed by atoms with Crippen LogP contribution in [0.4, 0.5) is 0 Å². The molecule has 1 saturated carbocycles. The van der Waals surface area contributed by atoms with Crippen LogP contribution in [0.2, 0.25) is 5.02 Å². The molecule has 2 unspecified atom stereocenters. The van der Waals surface area contributed by atoms with Crippen molar-refractivity contribution >= 4 is 11.6 Å². The lowest BCUT2D eigenvalue weighted by Gasteiger charge is -2.11. The molecule has 15 heavy (non-hydrogen) atoms. The van der Waals surface area contributed by atoms with Crippen LogP contribution in [0.1, 0.15) is 23.5 Å². The molecular weight excluding hydrogens is 210 g/mol. The Morgan fingerprint density at radius 2 is 2.33 bits per heavy atom. The standard InChI is InChI=1S/C12H16ClNO/c1-8-2-3-9(4-11(8)13)10-5-12(10,6-14)7-15/h2-4,10,15H,5-7,14H2,1H3. The molecule has 2 atom stereocenters. The number of benzene rings is 1. The lowest BCUT2D eigenvalue weighted by molar-refractivity contribution is 0.211. The van der Waals surface area contributed by atoms with Crippen molar-refractivity contribution in [3.63, 3.8) is 0 Å². The van der Waals surface area contributed by atoms with Crippen LogP contribution in [0, 0.1) is 12.3 Å². The van der Waals surface area contributed by atoms with Gasteiger partial charge in [0.25, 0.3) is 0 Å². The number of rotatable bonds is 3. The van der Waals surface area contributed by atoms with E-state index in [-0.39, 0.29) is 12.0 Å². The Morgan fingerprint density at radius 3 is 2.80 bits per heavy atom. The molecule has 1 aromatic rings. The highest BCUT2D eigenvalue weighted by Gasteiger charge is 2.53. The molecular formula is C12H16ClNO. The molecule has 1 aliphatic rings. The molecule has 3 heteroatoms. The van der Waals surface area contributed by atoms with Gasteiger partial charge in [-0.15, -0.1) is 0 Å². The normalized spacial score (nSPS) is 29.2. The number of aliphatic hydroxyl groups is 1. The molecule has 82 valence electrons. The molecule has 0 bridgehead atoms. The van der Waals surface area contributed by atoms with Gasteiger partial charge in [0.05, 0.1) is 6.61 Å². The lowest BCUT2D eigenvalue weighted by atomic mass is 9.99. The Bertz CT molecular complexity index is 374. The predicted molar refractivity (Wildman–Crippen MR) is 62.1 cm³/mol. The van der Waals surface area contributed by atoms with E-state index >= 15 is 0 Å². The van der Waals surface area contributed by atoms with Crippen molar-refractivity contribution in [1.82, 2.24) is 0 Å². The van der Waals surface area contributed by atoms with Gasteiger partial charge in [0, 0.05) is 17.0 Å². The van der Waals surface area contributed by atoms with Crippen LogP contribution in [0.5, 0.6) is 0 Å². The van der Waals surface area contributed by atoms with Crippen molar-refractivity contribution in [2.45, 2.75) is 19.3 Å². The molecule has 0 aromatic heterocycles. The summed E-state index contributed by atoms with van der Waals surface area (Å²) in [5.41, 5.74) is 7.88. The Labute approximate surface area is 95.1 Å². The van der Waals surface area contributed by atoms with E-state index in [1.807, 2.05) is 19.1 Å². The first kappa shape index (κ1) is 10.9. The van der Waals surface area contributed by atoms with Crippen LogP contribution >= 0.6 is 11.6 Å². The summed E-state index contributed by atoms with van der Waals surface area (Å²) in [6.07, 6.45) is 0.972. The molecule has 0 aliphatic heterocycles. The first-order chi connectivity index (χ1) is 7.13. The SMILES string of the molecule is Cc1ccc(C2CC2(CN)CO)cc1Cl. The van der Waals surface area contributed by atoms with Crippen LogP contribution in [0.3, 0.4) is 0 Å². The minimum absolute atomic E-state index is 0.0847. The summed E-state index contributed by atoms with van der Waals surface area (Å²) in [7, 11) is 0. The van der Waals surface area contributed by atoms with E-state index in [4.69, 9.17) is 17.3 Å². The van der Waals surface area contributed by atoms with E-state index in [0.29, 0.717) is 12.5 Å². The second kappa shape index (κ2) is 3.78. The van der Waals surface area contributed by atoms with Gasteiger partial charge in [-0.25, -0.2) is 0 Å². The van der Waals surface area contributed by atoms with Crippen LogP contribution in [-0.2, 0) is 0 Å². The van der Waals surface area contributed by atoms with Gasteiger partial charge in [0.2, 0.25) is 0 Å². The summed E-state index contributed by atoms with van der Waals surface area (Å²) in [4.78, 5) is 0. The van der Waals surface area contributed by atoms with Gasteiger partial charge in [0.15, 0.2) is 0 Å². The van der Waals surface area contributed by atoms with Gasteiger partial charge < -0.3 is 10.8 Å². The van der Waals surface area contributed by atoms with Gasteiger partial charge in [-0.1, -0.05) is 23.7 Å². The molecule has 1 fully saturated rings. The largest absolute Gasteiger partial charge is 0.396 e. The Kier molecular flexibility index (Phi) is 2.75. The van der Waals surface area contributed by atoms with Gasteiger partial charge in [-0.3, -0.25) is 0 Å². The van der Waals surface area contributed by atoms with Crippen molar-refractivity contribution in [3.05, 3.63) is 34.3 Å². The zero-order chi connectivity index (χ0) is 11.1. The Morgan fingerprint density at radius 1 is 1.60 bits per heavy atom. The molecule has 0 saturated heterocycles. The average Bonchev–Trinajstić information content (AvgIpc) is 2.97. The van der Waals surface area contributed by atoms with Crippen LogP contribution in [-0.4, -0.2) is 18.3 Å². The summed E-state index contributed by atoms with van der Waals surface area (Å²) in [6.45, 7) is 2.70. The maximum Gasteiger partial charge on any atom is 0.0505 e. The summed E-state index contributed by atoms with van der Waals surface area (Å²) >= 11 is 6.07. The van der Waals surface area contributed by atoms with Gasteiger partial charge in [0.1, 0.15) is 0 Å². The molecule has 0 heterocycles. The van der Waals surface area contributed by atoms with E-state index in [1.165, 1.54) is 5.56 Å². The number of nitrogens with two attached hydrogens (primary N) is 1. The van der Waals surface area contributed by atoms with E-state index in [0.717, 1.165) is 17.0 Å².